The first-order valence-corrected chi connectivity index (χ1v) is 9.83. The molecule has 1 saturated heterocycles. The van der Waals surface area contributed by atoms with E-state index in [-0.39, 0.29) is 23.5 Å². The van der Waals surface area contributed by atoms with Gasteiger partial charge in [-0.3, -0.25) is 9.36 Å². The van der Waals surface area contributed by atoms with Gasteiger partial charge in [0.2, 0.25) is 5.91 Å². The van der Waals surface area contributed by atoms with Gasteiger partial charge >= 0.3 is 5.69 Å². The van der Waals surface area contributed by atoms with Gasteiger partial charge in [-0.2, -0.15) is 0 Å². The molecule has 3 rings (SSSR count). The fraction of sp³-hybridized carbons (Fsp3) is 0.500. The number of aryl methyl sites for hydroxylation is 1. The topological polar surface area (TPSA) is 89.0 Å². The maximum absolute atomic E-state index is 12.1. The molecule has 1 fully saturated rings. The highest BCUT2D eigenvalue weighted by Gasteiger charge is 2.20. The predicted octanol–water partition coefficient (Wildman–Crippen LogP) is 1.51. The monoisotopic (exact) mass is 376 g/mol. The zero-order valence-electron chi connectivity index (χ0n) is 14.9. The van der Waals surface area contributed by atoms with Crippen LogP contribution in [0.5, 0.6) is 0 Å². The van der Waals surface area contributed by atoms with Crippen LogP contribution in [-0.2, 0) is 22.5 Å². The highest BCUT2D eigenvalue weighted by Crippen LogP contribution is 2.17. The molecule has 0 radical (unpaired) electrons. The molecule has 0 aliphatic carbocycles. The molecule has 0 bridgehead atoms. The maximum Gasteiger partial charge on any atom is 0.344 e. The van der Waals surface area contributed by atoms with Gasteiger partial charge in [-0.25, -0.2) is 9.89 Å². The number of hydrogen-bond donors (Lipinski definition) is 2. The first kappa shape index (κ1) is 18.7. The highest BCUT2D eigenvalue weighted by molar-refractivity contribution is 7.99. The van der Waals surface area contributed by atoms with Crippen molar-refractivity contribution in [2.24, 2.45) is 0 Å². The third kappa shape index (κ3) is 4.98. The second-order valence-electron chi connectivity index (χ2n) is 6.37. The van der Waals surface area contributed by atoms with Crippen LogP contribution in [0.1, 0.15) is 24.0 Å². The van der Waals surface area contributed by atoms with E-state index in [9.17, 15) is 9.59 Å². The van der Waals surface area contributed by atoms with Crippen LogP contribution >= 0.6 is 11.8 Å². The average molecular weight is 376 g/mol. The van der Waals surface area contributed by atoms with Crippen LogP contribution in [0, 0.1) is 6.92 Å². The molecule has 8 heteroatoms. The highest BCUT2D eigenvalue weighted by atomic mass is 32.2. The van der Waals surface area contributed by atoms with Crippen molar-refractivity contribution in [3.05, 3.63) is 45.9 Å². The van der Waals surface area contributed by atoms with E-state index in [4.69, 9.17) is 4.74 Å². The predicted molar refractivity (Wildman–Crippen MR) is 100 cm³/mol. The fourth-order valence-electron chi connectivity index (χ4n) is 2.97. The molecule has 1 aromatic heterocycles. The van der Waals surface area contributed by atoms with Crippen LogP contribution in [0.15, 0.2) is 34.2 Å². The molecule has 1 unspecified atom stereocenters. The van der Waals surface area contributed by atoms with E-state index >= 15 is 0 Å². The van der Waals surface area contributed by atoms with Crippen LogP contribution < -0.4 is 11.0 Å². The van der Waals surface area contributed by atoms with E-state index < -0.39 is 0 Å². The standard InChI is InChI=1S/C18H24N4O3S/c1-13-5-2-3-6-14(13)8-9-19-16(23)12-26-18-21-20-17(24)22(18)11-15-7-4-10-25-15/h2-3,5-6,15H,4,7-12H2,1H3,(H,19,23)(H,20,24). The van der Waals surface area contributed by atoms with E-state index in [1.165, 1.54) is 22.9 Å². The van der Waals surface area contributed by atoms with Crippen molar-refractivity contribution >= 4 is 17.7 Å². The summed E-state index contributed by atoms with van der Waals surface area (Å²) in [5.74, 6) is 0.159. The molecule has 1 aliphatic rings. The van der Waals surface area contributed by atoms with E-state index in [1.807, 2.05) is 12.1 Å². The minimum Gasteiger partial charge on any atom is -0.376 e. The number of thioether (sulfide) groups is 1. The Labute approximate surface area is 156 Å². The zero-order chi connectivity index (χ0) is 18.4. The smallest absolute Gasteiger partial charge is 0.344 e. The molecule has 1 atom stereocenters. The molecule has 2 heterocycles. The number of nitrogens with zero attached hydrogens (tertiary/aromatic N) is 2. The lowest BCUT2D eigenvalue weighted by Gasteiger charge is -2.11. The van der Waals surface area contributed by atoms with Crippen molar-refractivity contribution in [3.63, 3.8) is 0 Å². The first-order chi connectivity index (χ1) is 12.6. The minimum absolute atomic E-state index is 0.0487. The van der Waals surface area contributed by atoms with E-state index in [0.29, 0.717) is 18.2 Å². The van der Waals surface area contributed by atoms with Gasteiger partial charge in [-0.1, -0.05) is 36.0 Å². The van der Waals surface area contributed by atoms with Gasteiger partial charge in [-0.05, 0) is 37.3 Å². The van der Waals surface area contributed by atoms with Gasteiger partial charge < -0.3 is 10.1 Å². The third-order valence-electron chi connectivity index (χ3n) is 4.44. The van der Waals surface area contributed by atoms with Crippen LogP contribution in [-0.4, -0.2) is 45.7 Å². The Morgan fingerprint density at radius 3 is 3.08 bits per heavy atom. The van der Waals surface area contributed by atoms with Gasteiger partial charge in [0.15, 0.2) is 5.16 Å². The summed E-state index contributed by atoms with van der Waals surface area (Å²) in [5.41, 5.74) is 2.20. The maximum atomic E-state index is 12.1. The van der Waals surface area contributed by atoms with E-state index in [1.54, 1.807) is 4.57 Å². The van der Waals surface area contributed by atoms with Crippen molar-refractivity contribution < 1.29 is 9.53 Å². The largest absolute Gasteiger partial charge is 0.376 e. The molecule has 2 N–H and O–H groups in total. The lowest BCUT2D eigenvalue weighted by atomic mass is 10.1. The summed E-state index contributed by atoms with van der Waals surface area (Å²) in [6.45, 7) is 3.88. The summed E-state index contributed by atoms with van der Waals surface area (Å²) in [6, 6.07) is 8.15. The van der Waals surface area contributed by atoms with Crippen LogP contribution in [0.3, 0.4) is 0 Å². The van der Waals surface area contributed by atoms with Crippen molar-refractivity contribution in [3.8, 4) is 0 Å². The molecule has 1 aromatic carbocycles. The third-order valence-corrected chi connectivity index (χ3v) is 5.42. The summed E-state index contributed by atoms with van der Waals surface area (Å²) >= 11 is 1.26. The Hall–Kier alpha value is -2.06. The lowest BCUT2D eigenvalue weighted by molar-refractivity contribution is -0.118. The molecule has 0 spiro atoms. The molecular weight excluding hydrogens is 352 g/mol. The summed E-state index contributed by atoms with van der Waals surface area (Å²) in [5, 5.41) is 9.92. The number of benzene rings is 1. The number of aromatic nitrogens is 3. The Kier molecular flexibility index (Phi) is 6.51. The molecule has 7 nitrogen and oxygen atoms in total. The number of aromatic amines is 1. The Morgan fingerprint density at radius 2 is 2.31 bits per heavy atom. The molecule has 1 amide bonds. The minimum atomic E-state index is -0.261. The number of hydrogen-bond acceptors (Lipinski definition) is 5. The number of rotatable bonds is 8. The SMILES string of the molecule is Cc1ccccc1CCNC(=O)CSc1n[nH]c(=O)n1CC1CCCO1. The average Bonchev–Trinajstić information content (AvgIpc) is 3.26. The number of carbonyl (C=O) groups is 1. The van der Waals surface area contributed by atoms with Gasteiger partial charge in [0.05, 0.1) is 18.4 Å². The number of nitrogens with one attached hydrogen (secondary N) is 2. The van der Waals surface area contributed by atoms with Gasteiger partial charge in [0, 0.05) is 13.2 Å². The van der Waals surface area contributed by atoms with Gasteiger partial charge in [0.1, 0.15) is 0 Å². The van der Waals surface area contributed by atoms with E-state index in [0.717, 1.165) is 25.9 Å². The number of H-pyrrole nitrogens is 1. The number of carbonyl (C=O) groups excluding carboxylic acids is 1. The Morgan fingerprint density at radius 1 is 1.46 bits per heavy atom. The zero-order valence-corrected chi connectivity index (χ0v) is 15.7. The fourth-order valence-corrected chi connectivity index (χ4v) is 3.76. The van der Waals surface area contributed by atoms with Crippen LogP contribution in [0.2, 0.25) is 0 Å². The molecule has 1 aliphatic heterocycles. The number of ether oxygens (including phenoxy) is 1. The summed E-state index contributed by atoms with van der Waals surface area (Å²) in [6.07, 6.45) is 2.81. The Bertz CT molecular complexity index is 796. The Balaban J connectivity index is 1.46. The van der Waals surface area contributed by atoms with Crippen molar-refractivity contribution in [2.45, 2.75) is 44.0 Å². The van der Waals surface area contributed by atoms with Crippen molar-refractivity contribution in [2.75, 3.05) is 18.9 Å². The second-order valence-corrected chi connectivity index (χ2v) is 7.31. The summed E-state index contributed by atoms with van der Waals surface area (Å²) < 4.78 is 7.13. The molecule has 26 heavy (non-hydrogen) atoms. The van der Waals surface area contributed by atoms with Gasteiger partial charge in [0.25, 0.3) is 0 Å². The van der Waals surface area contributed by atoms with Crippen molar-refractivity contribution in [1.29, 1.82) is 0 Å². The molecule has 2 aromatic rings. The van der Waals surface area contributed by atoms with Crippen LogP contribution in [0.4, 0.5) is 0 Å². The molecular formula is C18H24N4O3S. The summed E-state index contributed by atoms with van der Waals surface area (Å²) in [7, 11) is 0. The summed E-state index contributed by atoms with van der Waals surface area (Å²) in [4.78, 5) is 24.0. The normalized spacial score (nSPS) is 16.7. The number of amides is 1. The van der Waals surface area contributed by atoms with Gasteiger partial charge in [-0.15, -0.1) is 5.10 Å². The molecule has 140 valence electrons. The lowest BCUT2D eigenvalue weighted by Crippen LogP contribution is -2.28. The quantitative estimate of drug-likeness (QED) is 0.682. The van der Waals surface area contributed by atoms with Crippen LogP contribution in [0.25, 0.3) is 0 Å². The first-order valence-electron chi connectivity index (χ1n) is 8.84. The van der Waals surface area contributed by atoms with E-state index in [2.05, 4.69) is 34.6 Å². The second kappa shape index (κ2) is 9.05. The van der Waals surface area contributed by atoms with Crippen molar-refractivity contribution in [1.82, 2.24) is 20.1 Å². The molecule has 0 saturated carbocycles.